The maximum atomic E-state index is 14.3. The van der Waals surface area contributed by atoms with Gasteiger partial charge in [-0.05, 0) is 79.3 Å². The molecule has 1 amide bonds. The van der Waals surface area contributed by atoms with Gasteiger partial charge in [-0.15, -0.1) is 0 Å². The summed E-state index contributed by atoms with van der Waals surface area (Å²) in [5.74, 6) is -0.420. The zero-order chi connectivity index (χ0) is 30.2. The Balaban J connectivity index is 1.82. The van der Waals surface area contributed by atoms with Crippen LogP contribution in [0, 0.1) is 11.3 Å². The molecule has 1 aliphatic heterocycles. The van der Waals surface area contributed by atoms with Crippen molar-refractivity contribution < 1.29 is 27.5 Å². The van der Waals surface area contributed by atoms with Crippen molar-refractivity contribution in [2.24, 2.45) is 16.3 Å². The molecule has 0 aromatic heterocycles. The summed E-state index contributed by atoms with van der Waals surface area (Å²) < 4.78 is 45.9. The molecule has 0 bridgehead atoms. The molecular formula is C32H38ClF3N2O3. The number of carbonyl (C=O) groups is 2. The minimum atomic E-state index is -4.62. The SMILES string of the molecule is CCCCC(c1ccc(C(=O)OC)cc1)N1C(=O)C(c2cc(Cl)cc(C(F)(F)F)c2)=NC12CCC(C(C)(C)C)CC2. The van der Waals surface area contributed by atoms with Crippen molar-refractivity contribution in [2.45, 2.75) is 90.5 Å². The second-order valence-electron chi connectivity index (χ2n) is 12.3. The van der Waals surface area contributed by atoms with E-state index >= 15 is 0 Å². The highest BCUT2D eigenvalue weighted by Gasteiger charge is 2.52. The number of amides is 1. The van der Waals surface area contributed by atoms with E-state index in [2.05, 4.69) is 27.7 Å². The van der Waals surface area contributed by atoms with Crippen molar-refractivity contribution in [3.8, 4) is 0 Å². The molecule has 2 aliphatic rings. The largest absolute Gasteiger partial charge is 0.465 e. The third-order valence-corrected chi connectivity index (χ3v) is 8.78. The fourth-order valence-electron chi connectivity index (χ4n) is 6.22. The summed E-state index contributed by atoms with van der Waals surface area (Å²) in [5.41, 5.74) is -0.384. The number of nitrogens with zero attached hydrogens (tertiary/aromatic N) is 2. The zero-order valence-corrected chi connectivity index (χ0v) is 25.0. The van der Waals surface area contributed by atoms with Crippen LogP contribution in [-0.2, 0) is 15.7 Å². The Bertz CT molecular complexity index is 1310. The Hall–Kier alpha value is -2.87. The van der Waals surface area contributed by atoms with Gasteiger partial charge in [-0.1, -0.05) is 64.3 Å². The van der Waals surface area contributed by atoms with Gasteiger partial charge in [0.25, 0.3) is 5.91 Å². The molecular weight excluding hydrogens is 553 g/mol. The number of carbonyl (C=O) groups excluding carboxylic acids is 2. The zero-order valence-electron chi connectivity index (χ0n) is 24.3. The first-order valence-corrected chi connectivity index (χ1v) is 14.6. The van der Waals surface area contributed by atoms with Gasteiger partial charge >= 0.3 is 12.1 Å². The van der Waals surface area contributed by atoms with Crippen molar-refractivity contribution in [3.63, 3.8) is 0 Å². The number of aliphatic imine (C=N–C) groups is 1. The summed E-state index contributed by atoms with van der Waals surface area (Å²) in [7, 11) is 1.32. The Labute approximate surface area is 245 Å². The highest BCUT2D eigenvalue weighted by molar-refractivity contribution is 6.47. The molecule has 0 radical (unpaired) electrons. The van der Waals surface area contributed by atoms with Gasteiger partial charge < -0.3 is 9.64 Å². The number of rotatable bonds is 7. The van der Waals surface area contributed by atoms with Crippen LogP contribution in [0.5, 0.6) is 0 Å². The number of benzene rings is 2. The molecule has 41 heavy (non-hydrogen) atoms. The minimum Gasteiger partial charge on any atom is -0.465 e. The number of ether oxygens (including phenoxy) is 1. The summed E-state index contributed by atoms with van der Waals surface area (Å²) >= 11 is 6.13. The molecule has 5 nitrogen and oxygen atoms in total. The van der Waals surface area contributed by atoms with Crippen molar-refractivity contribution in [3.05, 3.63) is 69.7 Å². The summed E-state index contributed by atoms with van der Waals surface area (Å²) in [6.07, 6.45) is 0.669. The van der Waals surface area contributed by atoms with Crippen LogP contribution in [0.2, 0.25) is 5.02 Å². The van der Waals surface area contributed by atoms with Crippen LogP contribution in [0.4, 0.5) is 13.2 Å². The van der Waals surface area contributed by atoms with Gasteiger partial charge in [0.1, 0.15) is 11.4 Å². The van der Waals surface area contributed by atoms with Gasteiger partial charge in [-0.2, -0.15) is 13.2 Å². The van der Waals surface area contributed by atoms with Gasteiger partial charge in [0.15, 0.2) is 0 Å². The first-order chi connectivity index (χ1) is 19.2. The van der Waals surface area contributed by atoms with E-state index in [9.17, 15) is 22.8 Å². The smallest absolute Gasteiger partial charge is 0.416 e. The molecule has 222 valence electrons. The monoisotopic (exact) mass is 590 g/mol. The van der Waals surface area contributed by atoms with Gasteiger partial charge in [0.05, 0.1) is 24.3 Å². The Kier molecular flexibility index (Phi) is 8.93. The van der Waals surface area contributed by atoms with E-state index in [1.165, 1.54) is 13.2 Å². The third kappa shape index (κ3) is 6.47. The molecule has 2 aromatic rings. The Morgan fingerprint density at radius 3 is 2.29 bits per heavy atom. The maximum Gasteiger partial charge on any atom is 0.416 e. The van der Waals surface area contributed by atoms with Gasteiger partial charge in [0, 0.05) is 10.6 Å². The minimum absolute atomic E-state index is 0.0138. The second kappa shape index (κ2) is 11.8. The van der Waals surface area contributed by atoms with Crippen LogP contribution in [0.3, 0.4) is 0 Å². The number of hydrogen-bond acceptors (Lipinski definition) is 4. The van der Waals surface area contributed by atoms with E-state index in [1.54, 1.807) is 12.1 Å². The van der Waals surface area contributed by atoms with Crippen LogP contribution in [0.25, 0.3) is 0 Å². The third-order valence-electron chi connectivity index (χ3n) is 8.56. The van der Waals surface area contributed by atoms with Crippen LogP contribution < -0.4 is 0 Å². The van der Waals surface area contributed by atoms with Gasteiger partial charge in [-0.3, -0.25) is 9.79 Å². The molecule has 1 atom stereocenters. The standard InChI is InChI=1S/C32H38ClF3N2O3/c1-6-7-8-26(20-9-11-21(12-10-20)29(40)41-5)38-28(39)27(22-17-24(32(34,35)36)19-25(33)18-22)37-31(38)15-13-23(14-16-31)30(2,3)4/h9-12,17-19,23,26H,6-8,13-16H2,1-5H3. The quantitative estimate of drug-likeness (QED) is 0.303. The number of alkyl halides is 3. The summed E-state index contributed by atoms with van der Waals surface area (Å²) in [4.78, 5) is 33.2. The molecule has 1 saturated carbocycles. The topological polar surface area (TPSA) is 59.0 Å². The van der Waals surface area contributed by atoms with E-state index in [-0.39, 0.29) is 27.8 Å². The first kappa shape index (κ1) is 31.1. The Morgan fingerprint density at radius 2 is 1.76 bits per heavy atom. The van der Waals surface area contributed by atoms with Gasteiger partial charge in [-0.25, -0.2) is 4.79 Å². The van der Waals surface area contributed by atoms with Crippen molar-refractivity contribution in [1.29, 1.82) is 0 Å². The molecule has 0 N–H and O–H groups in total. The summed E-state index contributed by atoms with van der Waals surface area (Å²) in [6.45, 7) is 8.69. The van der Waals surface area contributed by atoms with Crippen LogP contribution in [-0.4, -0.2) is 35.3 Å². The van der Waals surface area contributed by atoms with E-state index < -0.39 is 29.3 Å². The highest BCUT2D eigenvalue weighted by atomic mass is 35.5. The van der Waals surface area contributed by atoms with Crippen molar-refractivity contribution >= 4 is 29.2 Å². The lowest BCUT2D eigenvalue weighted by molar-refractivity contribution is -0.137. The fraction of sp³-hybridized carbons (Fsp3) is 0.531. The Morgan fingerprint density at radius 1 is 1.12 bits per heavy atom. The summed E-state index contributed by atoms with van der Waals surface area (Å²) in [5, 5.41) is -0.102. The predicted octanol–water partition coefficient (Wildman–Crippen LogP) is 8.64. The normalized spacial score (nSPS) is 22.2. The molecule has 1 heterocycles. The van der Waals surface area contributed by atoms with E-state index in [1.807, 2.05) is 17.0 Å². The number of esters is 1. The van der Waals surface area contributed by atoms with E-state index in [0.29, 0.717) is 30.7 Å². The number of methoxy groups -OCH3 is 1. The average Bonchev–Trinajstić information content (AvgIpc) is 3.19. The average molecular weight is 591 g/mol. The molecule has 1 unspecified atom stereocenters. The van der Waals surface area contributed by atoms with E-state index in [4.69, 9.17) is 21.3 Å². The van der Waals surface area contributed by atoms with Crippen molar-refractivity contribution in [1.82, 2.24) is 4.90 Å². The molecule has 1 aliphatic carbocycles. The van der Waals surface area contributed by atoms with E-state index in [0.717, 1.165) is 43.4 Å². The molecule has 1 fully saturated rings. The van der Waals surface area contributed by atoms with Gasteiger partial charge in [0.2, 0.25) is 0 Å². The van der Waals surface area contributed by atoms with Crippen LogP contribution in [0.1, 0.15) is 106 Å². The number of halogens is 4. The predicted molar refractivity (Wildman–Crippen MR) is 154 cm³/mol. The molecule has 0 saturated heterocycles. The molecule has 2 aromatic carbocycles. The maximum absolute atomic E-state index is 14.3. The molecule has 1 spiro atoms. The van der Waals surface area contributed by atoms with Crippen LogP contribution >= 0.6 is 11.6 Å². The first-order valence-electron chi connectivity index (χ1n) is 14.2. The summed E-state index contributed by atoms with van der Waals surface area (Å²) in [6, 6.07) is 9.85. The lowest BCUT2D eigenvalue weighted by atomic mass is 9.69. The van der Waals surface area contributed by atoms with Crippen LogP contribution in [0.15, 0.2) is 47.5 Å². The number of hydrogen-bond donors (Lipinski definition) is 0. The molecule has 9 heteroatoms. The molecule has 4 rings (SSSR count). The lowest BCUT2D eigenvalue weighted by Crippen LogP contribution is -2.51. The van der Waals surface area contributed by atoms with Crippen molar-refractivity contribution in [2.75, 3.05) is 7.11 Å². The fourth-order valence-corrected chi connectivity index (χ4v) is 6.46. The second-order valence-corrected chi connectivity index (χ2v) is 12.7. The highest BCUT2D eigenvalue weighted by Crippen LogP contribution is 2.50. The lowest BCUT2D eigenvalue weighted by Gasteiger charge is -2.47. The number of unbranched alkanes of at least 4 members (excludes halogenated alkanes) is 1.